The highest BCUT2D eigenvalue weighted by Gasteiger charge is 2.51. The van der Waals surface area contributed by atoms with Crippen LogP contribution in [0.2, 0.25) is 0 Å². The zero-order valence-electron chi connectivity index (χ0n) is 14.7. The number of benzene rings is 1. The lowest BCUT2D eigenvalue weighted by molar-refractivity contribution is -0.167. The molecule has 0 bridgehead atoms. The Balaban J connectivity index is 2.23. The summed E-state index contributed by atoms with van der Waals surface area (Å²) in [6.07, 6.45) is 0. The highest BCUT2D eigenvalue weighted by molar-refractivity contribution is 6.27. The van der Waals surface area contributed by atoms with Gasteiger partial charge < -0.3 is 19.5 Å². The molecule has 1 unspecified atom stereocenters. The van der Waals surface area contributed by atoms with E-state index >= 15 is 0 Å². The molecule has 136 valence electrons. The largest absolute Gasteiger partial charge is 0.508 e. The van der Waals surface area contributed by atoms with Gasteiger partial charge in [-0.05, 0) is 31.5 Å². The second-order valence-corrected chi connectivity index (χ2v) is 6.45. The van der Waals surface area contributed by atoms with Gasteiger partial charge in [-0.15, -0.1) is 0 Å². The van der Waals surface area contributed by atoms with E-state index in [1.807, 2.05) is 0 Å². The monoisotopic (exact) mass is 359 g/mol. The van der Waals surface area contributed by atoms with Gasteiger partial charge in [-0.25, -0.2) is 4.79 Å². The summed E-state index contributed by atoms with van der Waals surface area (Å²) in [4.78, 5) is 51.1. The predicted octanol–water partition coefficient (Wildman–Crippen LogP) is 1.10. The molecule has 0 saturated heterocycles. The molecule has 0 radical (unpaired) electrons. The topological polar surface area (TPSA) is 110 Å². The first-order chi connectivity index (χ1) is 12.1. The first-order valence-corrected chi connectivity index (χ1v) is 7.83. The van der Waals surface area contributed by atoms with Crippen LogP contribution in [0.3, 0.4) is 0 Å². The van der Waals surface area contributed by atoms with E-state index in [4.69, 9.17) is 9.47 Å². The number of carbonyl (C=O) groups excluding carboxylic acids is 4. The van der Waals surface area contributed by atoms with Crippen molar-refractivity contribution in [2.24, 2.45) is 0 Å². The molecule has 0 saturated carbocycles. The fraction of sp³-hybridized carbons (Fsp3) is 0.333. The van der Waals surface area contributed by atoms with Crippen LogP contribution >= 0.6 is 0 Å². The van der Waals surface area contributed by atoms with Gasteiger partial charge in [0.2, 0.25) is 23.1 Å². The lowest BCUT2D eigenvalue weighted by atomic mass is 9.87. The smallest absolute Gasteiger partial charge is 0.351 e. The number of methoxy groups -OCH3 is 1. The van der Waals surface area contributed by atoms with Crippen molar-refractivity contribution >= 4 is 23.4 Å². The van der Waals surface area contributed by atoms with Gasteiger partial charge in [-0.3, -0.25) is 14.4 Å². The summed E-state index contributed by atoms with van der Waals surface area (Å²) in [7, 11) is 1.16. The number of fused-ring (bicyclic) bond motifs is 1. The summed E-state index contributed by atoms with van der Waals surface area (Å²) in [6, 6.07) is 2.57. The van der Waals surface area contributed by atoms with Crippen LogP contribution in [0.25, 0.3) is 0 Å². The zero-order chi connectivity index (χ0) is 19.4. The molecule has 0 spiro atoms. The maximum atomic E-state index is 12.9. The third-order valence-corrected chi connectivity index (χ3v) is 4.52. The Bertz CT molecular complexity index is 914. The van der Waals surface area contributed by atoms with Crippen LogP contribution in [-0.2, 0) is 19.1 Å². The number of hydrogen-bond acceptors (Lipinski definition) is 7. The molecule has 1 N–H and O–H groups in total. The number of phenolic OH excluding ortho intramolecular Hbond substituents is 1. The molecule has 0 fully saturated rings. The average molecular weight is 359 g/mol. The van der Waals surface area contributed by atoms with Crippen LogP contribution in [-0.4, -0.2) is 52.7 Å². The number of ketones is 2. The molecular formula is C18H17NO7. The number of Topliss-reactive ketones (excluding diaryl/α,β-unsaturated/α-hetero) is 2. The third kappa shape index (κ3) is 2.37. The Kier molecular flexibility index (Phi) is 3.86. The molecule has 26 heavy (non-hydrogen) atoms. The van der Waals surface area contributed by atoms with Crippen molar-refractivity contribution < 1.29 is 33.8 Å². The van der Waals surface area contributed by atoms with Crippen molar-refractivity contribution in [2.75, 3.05) is 13.7 Å². The summed E-state index contributed by atoms with van der Waals surface area (Å²) >= 11 is 0. The molecular weight excluding hydrogens is 342 g/mol. The number of amides is 1. The van der Waals surface area contributed by atoms with Crippen LogP contribution in [0.5, 0.6) is 5.75 Å². The van der Waals surface area contributed by atoms with Gasteiger partial charge in [0.1, 0.15) is 11.4 Å². The van der Waals surface area contributed by atoms with Gasteiger partial charge in [0, 0.05) is 18.1 Å². The Labute approximate surface area is 149 Å². The van der Waals surface area contributed by atoms with Crippen molar-refractivity contribution in [2.45, 2.75) is 26.4 Å². The molecule has 1 aliphatic carbocycles. The minimum absolute atomic E-state index is 0.0200. The summed E-state index contributed by atoms with van der Waals surface area (Å²) in [5.74, 6) is -3.09. The van der Waals surface area contributed by atoms with Crippen LogP contribution < -0.4 is 0 Å². The molecule has 1 aromatic carbocycles. The maximum absolute atomic E-state index is 12.9. The number of hydrogen-bond donors (Lipinski definition) is 1. The van der Waals surface area contributed by atoms with Gasteiger partial charge in [0.25, 0.3) is 0 Å². The quantitative estimate of drug-likeness (QED) is 0.748. The van der Waals surface area contributed by atoms with Crippen molar-refractivity contribution in [3.63, 3.8) is 0 Å². The third-order valence-electron chi connectivity index (χ3n) is 4.52. The van der Waals surface area contributed by atoms with E-state index in [1.165, 1.54) is 26.0 Å². The number of esters is 1. The van der Waals surface area contributed by atoms with E-state index in [0.717, 1.165) is 12.0 Å². The lowest BCUT2D eigenvalue weighted by Gasteiger charge is -2.41. The standard InChI is InChI=1S/C18H17NO7/c1-8-5-10-11(6-12(8)21)14(22)13-16(15(10)23)26-18(3,17(24)25-4)7-19(13)9(2)20/h5-6,21H,7H2,1-4H3. The molecule has 1 aromatic rings. The average Bonchev–Trinajstić information content (AvgIpc) is 2.59. The van der Waals surface area contributed by atoms with Gasteiger partial charge in [0.05, 0.1) is 13.7 Å². The first kappa shape index (κ1) is 17.7. The number of carbonyl (C=O) groups is 4. The van der Waals surface area contributed by atoms with Gasteiger partial charge in [-0.1, -0.05) is 0 Å². The van der Waals surface area contributed by atoms with Crippen LogP contribution in [0.1, 0.15) is 40.1 Å². The Morgan fingerprint density at radius 1 is 1.23 bits per heavy atom. The van der Waals surface area contributed by atoms with Gasteiger partial charge in [-0.2, -0.15) is 0 Å². The maximum Gasteiger partial charge on any atom is 0.351 e. The zero-order valence-corrected chi connectivity index (χ0v) is 14.7. The first-order valence-electron chi connectivity index (χ1n) is 7.83. The summed E-state index contributed by atoms with van der Waals surface area (Å²) in [5, 5.41) is 9.89. The van der Waals surface area contributed by atoms with E-state index in [2.05, 4.69) is 0 Å². The van der Waals surface area contributed by atoms with Gasteiger partial charge in [0.15, 0.2) is 5.76 Å². The van der Waals surface area contributed by atoms with Crippen LogP contribution in [0, 0.1) is 6.92 Å². The fourth-order valence-corrected chi connectivity index (χ4v) is 3.10. The highest BCUT2D eigenvalue weighted by Crippen LogP contribution is 2.38. The molecule has 2 aliphatic rings. The molecule has 0 aromatic heterocycles. The summed E-state index contributed by atoms with van der Waals surface area (Å²) in [5.41, 5.74) is -1.43. The van der Waals surface area contributed by atoms with Crippen LogP contribution in [0.15, 0.2) is 23.6 Å². The number of ether oxygens (including phenoxy) is 2. The van der Waals surface area contributed by atoms with Crippen molar-refractivity contribution in [1.82, 2.24) is 4.90 Å². The van der Waals surface area contributed by atoms with Crippen LogP contribution in [0.4, 0.5) is 0 Å². The minimum Gasteiger partial charge on any atom is -0.508 e. The van der Waals surface area contributed by atoms with E-state index in [0.29, 0.717) is 5.56 Å². The summed E-state index contributed by atoms with van der Waals surface area (Å²) in [6.45, 7) is 3.90. The Morgan fingerprint density at radius 3 is 2.42 bits per heavy atom. The molecule has 1 aliphatic heterocycles. The molecule has 1 amide bonds. The minimum atomic E-state index is -1.63. The fourth-order valence-electron chi connectivity index (χ4n) is 3.10. The predicted molar refractivity (Wildman–Crippen MR) is 87.4 cm³/mol. The number of phenols is 1. The van der Waals surface area contributed by atoms with Crippen molar-refractivity contribution in [3.8, 4) is 5.75 Å². The molecule has 1 atom stereocenters. The number of nitrogens with zero attached hydrogens (tertiary/aromatic N) is 1. The summed E-state index contributed by atoms with van der Waals surface area (Å²) < 4.78 is 10.3. The molecule has 8 nitrogen and oxygen atoms in total. The molecule has 1 heterocycles. The highest BCUT2D eigenvalue weighted by atomic mass is 16.6. The van der Waals surface area contributed by atoms with E-state index in [-0.39, 0.29) is 34.9 Å². The number of rotatable bonds is 1. The number of aromatic hydroxyl groups is 1. The Hall–Kier alpha value is -3.16. The van der Waals surface area contributed by atoms with Gasteiger partial charge >= 0.3 is 5.97 Å². The molecule has 3 rings (SSSR count). The van der Waals surface area contributed by atoms with Crippen molar-refractivity contribution in [3.05, 3.63) is 40.3 Å². The second kappa shape index (κ2) is 5.69. The SMILES string of the molecule is COC(=O)C1(C)CN(C(C)=O)C2=C(O1)C(=O)c1cc(C)c(O)cc1C2=O. The van der Waals surface area contributed by atoms with E-state index < -0.39 is 29.0 Å². The molecule has 8 heteroatoms. The lowest BCUT2D eigenvalue weighted by Crippen LogP contribution is -2.56. The van der Waals surface area contributed by atoms with Crippen molar-refractivity contribution in [1.29, 1.82) is 0 Å². The van der Waals surface area contributed by atoms with E-state index in [9.17, 15) is 24.3 Å². The Morgan fingerprint density at radius 2 is 1.85 bits per heavy atom. The number of aryl methyl sites for hydroxylation is 1. The van der Waals surface area contributed by atoms with E-state index in [1.54, 1.807) is 6.92 Å². The second-order valence-electron chi connectivity index (χ2n) is 6.45. The normalized spacial score (nSPS) is 21.8. The number of allylic oxidation sites excluding steroid dienone is 2.